The van der Waals surface area contributed by atoms with Crippen LogP contribution in [-0.2, 0) is 31.9 Å². The third kappa shape index (κ3) is 8.97. The van der Waals surface area contributed by atoms with Crippen LogP contribution in [0.3, 0.4) is 0 Å². The van der Waals surface area contributed by atoms with Gasteiger partial charge in [0.05, 0.1) is 16.6 Å². The van der Waals surface area contributed by atoms with E-state index in [9.17, 15) is 6.48 Å². The number of pyridine rings is 1. The largest absolute Gasteiger partial charge is 0.507 e. The Bertz CT molecular complexity index is 3270. The van der Waals surface area contributed by atoms with Gasteiger partial charge in [0.25, 0.3) is 0 Å². The molecule has 0 radical (unpaired) electrons. The zero-order valence-corrected chi connectivity index (χ0v) is 41.9. The number of nitrogens with zero attached hydrogens (tertiary/aromatic N) is 3. The topological polar surface area (TPSA) is 50.9 Å². The number of para-hydroxylation sites is 1. The van der Waals surface area contributed by atoms with Crippen LogP contribution in [-0.4, -0.2) is 19.6 Å². The first kappa shape index (κ1) is 44.8. The zero-order valence-electron chi connectivity index (χ0n) is 40.6. The van der Waals surface area contributed by atoms with Gasteiger partial charge >= 0.3 is 0 Å². The van der Waals surface area contributed by atoms with Gasteiger partial charge in [-0.25, -0.2) is 4.98 Å². The third-order valence-electron chi connectivity index (χ3n) is 12.6. The van der Waals surface area contributed by atoms with Gasteiger partial charge in [-0.15, -0.1) is 29.3 Å². The number of hydrogen-bond donors (Lipinski definition) is 1. The van der Waals surface area contributed by atoms with Gasteiger partial charge in [-0.3, -0.25) is 9.55 Å². The number of fused-ring (bicyclic) bond motifs is 1. The number of hydrogen-bond acceptors (Lipinski definition) is 3. The van der Waals surface area contributed by atoms with Crippen molar-refractivity contribution in [3.63, 3.8) is 0 Å². The SMILES string of the molecule is [2H]C(C)(C)c1cc(-n2c(-c3cc(C)cc(C)c3O)nc3c(-c4[c-]c(-c5cc(-c6ccc(-c7ccccc7)cc6)ccn5)cc(C(C)(C)C)c4)cccc32)ccc1-c1ccccc1C(C)(C)C.[Pt]. The summed E-state index contributed by atoms with van der Waals surface area (Å²) in [6, 6.07) is 57.0. The maximum absolute atomic E-state index is 11.8. The molecule has 0 unspecified atom stereocenters. The van der Waals surface area contributed by atoms with Gasteiger partial charge < -0.3 is 5.11 Å². The molecule has 0 aliphatic carbocycles. The van der Waals surface area contributed by atoms with Crippen molar-refractivity contribution < 1.29 is 27.5 Å². The van der Waals surface area contributed by atoms with E-state index in [1.165, 1.54) is 16.7 Å². The monoisotopic (exact) mass is 1040 g/mol. The zero-order chi connectivity index (χ0) is 46.7. The average Bonchev–Trinajstić information content (AvgIpc) is 3.69. The first-order valence-electron chi connectivity index (χ1n) is 23.1. The molecule has 0 amide bonds. The Balaban J connectivity index is 0.00000608. The molecular weight excluding hydrogens is 986 g/mol. The van der Waals surface area contributed by atoms with Crippen molar-refractivity contribution in [3.05, 3.63) is 192 Å². The molecule has 0 spiro atoms. The summed E-state index contributed by atoms with van der Waals surface area (Å²) >= 11 is 0. The molecule has 66 heavy (non-hydrogen) atoms. The van der Waals surface area contributed by atoms with Crippen LogP contribution in [0.15, 0.2) is 158 Å². The van der Waals surface area contributed by atoms with Gasteiger partial charge in [-0.05, 0) is 117 Å². The number of phenolic OH excluding ortho intramolecular Hbond substituents is 1. The van der Waals surface area contributed by atoms with Crippen LogP contribution in [0, 0.1) is 19.9 Å². The van der Waals surface area contributed by atoms with Gasteiger partial charge in [0.2, 0.25) is 0 Å². The van der Waals surface area contributed by atoms with Crippen LogP contribution in [0.1, 0.15) is 90.5 Å². The molecule has 0 aliphatic rings. The molecule has 334 valence electrons. The first-order chi connectivity index (χ1) is 31.3. The number of rotatable bonds is 8. The van der Waals surface area contributed by atoms with E-state index in [0.717, 1.165) is 83.6 Å². The summed E-state index contributed by atoms with van der Waals surface area (Å²) in [5, 5.41) is 11.8. The van der Waals surface area contributed by atoms with E-state index in [-0.39, 0.29) is 37.6 Å². The van der Waals surface area contributed by atoms with Crippen molar-refractivity contribution in [2.45, 2.75) is 86.0 Å². The number of imidazole rings is 1. The van der Waals surface area contributed by atoms with Crippen molar-refractivity contribution >= 4 is 11.0 Å². The van der Waals surface area contributed by atoms with E-state index < -0.39 is 5.89 Å². The molecule has 9 aromatic rings. The van der Waals surface area contributed by atoms with Gasteiger partial charge in [0.1, 0.15) is 11.6 Å². The quantitative estimate of drug-likeness (QED) is 0.154. The fourth-order valence-corrected chi connectivity index (χ4v) is 9.11. The molecule has 4 nitrogen and oxygen atoms in total. The van der Waals surface area contributed by atoms with Crippen LogP contribution in [0.2, 0.25) is 0 Å². The van der Waals surface area contributed by atoms with Crippen LogP contribution >= 0.6 is 0 Å². The summed E-state index contributed by atoms with van der Waals surface area (Å²) in [6.45, 7) is 21.3. The van der Waals surface area contributed by atoms with Crippen molar-refractivity contribution in [1.29, 1.82) is 0 Å². The Kier molecular flexibility index (Phi) is 12.3. The van der Waals surface area contributed by atoms with Crippen molar-refractivity contribution in [2.75, 3.05) is 0 Å². The second-order valence-corrected chi connectivity index (χ2v) is 19.8. The second kappa shape index (κ2) is 18.1. The number of phenols is 1. The van der Waals surface area contributed by atoms with Gasteiger partial charge in [0.15, 0.2) is 0 Å². The molecule has 7 aromatic carbocycles. The minimum atomic E-state index is -0.935. The smallest absolute Gasteiger partial charge is 0.148 e. The van der Waals surface area contributed by atoms with Gasteiger partial charge in [-0.2, -0.15) is 0 Å². The van der Waals surface area contributed by atoms with Crippen LogP contribution in [0.4, 0.5) is 0 Å². The molecule has 0 aliphatic heterocycles. The fourth-order valence-electron chi connectivity index (χ4n) is 9.11. The normalized spacial score (nSPS) is 12.2. The van der Waals surface area contributed by atoms with Gasteiger partial charge in [0, 0.05) is 40.0 Å². The number of benzene rings is 7. The number of aryl methyl sites for hydroxylation is 2. The molecule has 2 aromatic heterocycles. The predicted molar refractivity (Wildman–Crippen MR) is 273 cm³/mol. The third-order valence-corrected chi connectivity index (χ3v) is 12.6. The van der Waals surface area contributed by atoms with Gasteiger partial charge in [-0.1, -0.05) is 176 Å². The standard InChI is InChI=1S/C61H58N3O.Pt/c1-38(2)52-37-48(27-28-50(52)51-19-14-15-21-54(51)61(8,9)10)64-56-22-16-20-49(57(56)63-59(64)53-32-39(3)31-40(4)58(53)65)45-33-46(35-47(34-45)60(5,6)7)55-36-44(29-30-62-55)43-25-23-42(24-26-43)41-17-12-11-13-18-41;/h11-32,34-38,65H,1-10H3;/q-1;/i38D;. The maximum atomic E-state index is 11.8. The minimum Gasteiger partial charge on any atom is -0.507 e. The Hall–Kier alpha value is -6.35. The number of aromatic hydroxyl groups is 1. The summed E-state index contributed by atoms with van der Waals surface area (Å²) in [4.78, 5) is 10.4. The molecule has 0 fully saturated rings. The molecule has 5 heteroatoms. The van der Waals surface area contributed by atoms with Crippen LogP contribution in [0.25, 0.3) is 83.9 Å². The van der Waals surface area contributed by atoms with E-state index in [0.29, 0.717) is 11.4 Å². The Morgan fingerprint density at radius 2 is 1.26 bits per heavy atom. The Morgan fingerprint density at radius 3 is 1.95 bits per heavy atom. The molecule has 1 N–H and O–H groups in total. The van der Waals surface area contributed by atoms with E-state index in [2.05, 4.69) is 186 Å². The summed E-state index contributed by atoms with van der Waals surface area (Å²) in [6.07, 6.45) is 1.89. The summed E-state index contributed by atoms with van der Waals surface area (Å²) in [5.41, 5.74) is 18.3. The molecule has 0 saturated carbocycles. The first-order valence-corrected chi connectivity index (χ1v) is 22.6. The summed E-state index contributed by atoms with van der Waals surface area (Å²) < 4.78 is 11.7. The van der Waals surface area contributed by atoms with Crippen molar-refractivity contribution in [3.8, 4) is 78.6 Å². The van der Waals surface area contributed by atoms with Crippen molar-refractivity contribution in [2.24, 2.45) is 0 Å². The maximum Gasteiger partial charge on any atom is 0.148 e. The summed E-state index contributed by atoms with van der Waals surface area (Å²) in [5.74, 6) is -0.117. The number of aromatic nitrogens is 3. The van der Waals surface area contributed by atoms with E-state index in [1.54, 1.807) is 0 Å². The molecular formula is C61H58N3OPt-. The molecule has 2 heterocycles. The average molecular weight is 1050 g/mol. The second-order valence-electron chi connectivity index (χ2n) is 19.8. The van der Waals surface area contributed by atoms with E-state index in [4.69, 9.17) is 9.97 Å². The Morgan fingerprint density at radius 1 is 0.606 bits per heavy atom. The minimum absolute atomic E-state index is 0. The molecule has 0 bridgehead atoms. The molecule has 0 atom stereocenters. The van der Waals surface area contributed by atoms with E-state index >= 15 is 0 Å². The van der Waals surface area contributed by atoms with E-state index in [1.807, 2.05) is 52.1 Å². The molecule has 0 saturated heterocycles. The fraction of sp³-hybridized carbons (Fsp3) is 0.213. The van der Waals surface area contributed by atoms with Crippen molar-refractivity contribution in [1.82, 2.24) is 14.5 Å². The summed E-state index contributed by atoms with van der Waals surface area (Å²) in [7, 11) is 0. The van der Waals surface area contributed by atoms with Crippen LogP contribution in [0.5, 0.6) is 5.75 Å². The predicted octanol–water partition coefficient (Wildman–Crippen LogP) is 16.3. The van der Waals surface area contributed by atoms with Crippen LogP contribution < -0.4 is 0 Å². The Labute approximate surface area is 407 Å². The molecule has 9 rings (SSSR count).